The molecule has 1 fully saturated rings. The number of hydrogen-bond donors (Lipinski definition) is 1. The summed E-state index contributed by atoms with van der Waals surface area (Å²) in [6, 6.07) is 8.02. The summed E-state index contributed by atoms with van der Waals surface area (Å²) in [5.74, 6) is -0.853. The number of amides is 1. The van der Waals surface area contributed by atoms with Gasteiger partial charge < -0.3 is 10.2 Å². The maximum absolute atomic E-state index is 17.1. The molecule has 1 amide bonds. The zero-order chi connectivity index (χ0) is 27.3. The van der Waals surface area contributed by atoms with E-state index in [1.54, 1.807) is 4.90 Å². The summed E-state index contributed by atoms with van der Waals surface area (Å²) >= 11 is 5.88. The van der Waals surface area contributed by atoms with Crippen LogP contribution in [0.3, 0.4) is 0 Å². The van der Waals surface area contributed by atoms with Crippen LogP contribution in [-0.4, -0.2) is 111 Å². The Kier molecular flexibility index (Phi) is 7.83. The average Bonchev–Trinajstić information content (AvgIpc) is 2.75. The number of hydrogen-bond acceptors (Lipinski definition) is 3. The van der Waals surface area contributed by atoms with Crippen LogP contribution in [0.2, 0.25) is 10.2 Å². The number of carbonyl (C=O) groups excluding carboxylic acids is 1. The second-order valence-electron chi connectivity index (χ2n) is 12.8. The first-order chi connectivity index (χ1) is 16.3. The minimum atomic E-state index is -1.63. The zero-order valence-corrected chi connectivity index (χ0v) is 23.8. The second kappa shape index (κ2) is 9.69. The highest BCUT2D eigenvalue weighted by Gasteiger charge is 2.58. The first-order valence-corrected chi connectivity index (χ1v) is 12.9. The van der Waals surface area contributed by atoms with Gasteiger partial charge in [-0.25, -0.2) is 8.78 Å². The number of aromatic nitrogens is 1. The van der Waals surface area contributed by atoms with E-state index in [-0.39, 0.29) is 35.6 Å². The number of piperidine rings is 1. The van der Waals surface area contributed by atoms with Crippen LogP contribution in [0.25, 0.3) is 0 Å². The third-order valence-electron chi connectivity index (χ3n) is 7.72. The van der Waals surface area contributed by atoms with E-state index in [9.17, 15) is 9.18 Å². The van der Waals surface area contributed by atoms with Gasteiger partial charge in [0.05, 0.1) is 28.6 Å². The van der Waals surface area contributed by atoms with Crippen LogP contribution in [0.15, 0.2) is 36.5 Å². The number of halogens is 3. The van der Waals surface area contributed by atoms with Gasteiger partial charge >= 0.3 is 0 Å². The van der Waals surface area contributed by atoms with Crippen molar-refractivity contribution in [2.75, 3.05) is 13.1 Å². The van der Waals surface area contributed by atoms with Gasteiger partial charge in [0, 0.05) is 30.5 Å². The number of nitrogens with one attached hydrogen (secondary N) is 1. The van der Waals surface area contributed by atoms with E-state index in [4.69, 9.17) is 16.6 Å². The van der Waals surface area contributed by atoms with Crippen LogP contribution < -0.4 is 5.32 Å². The number of likely N-dealkylation sites (tertiary alicyclic amines) is 1. The van der Waals surface area contributed by atoms with Crippen LogP contribution in [0.5, 0.6) is 0 Å². The topological polar surface area (TPSA) is 45.2 Å². The number of rotatable bonds is 6. The van der Waals surface area contributed by atoms with E-state index in [2.05, 4.69) is 34.9 Å². The van der Waals surface area contributed by atoms with Crippen molar-refractivity contribution in [2.45, 2.75) is 33.1 Å². The van der Waals surface area contributed by atoms with Crippen molar-refractivity contribution < 1.29 is 13.6 Å². The summed E-state index contributed by atoms with van der Waals surface area (Å²) in [6.45, 7) is 0.471. The molecule has 1 aromatic heterocycles. The van der Waals surface area contributed by atoms with Crippen molar-refractivity contribution in [3.05, 3.63) is 64.2 Å². The van der Waals surface area contributed by atoms with E-state index in [1.807, 2.05) is 59.3 Å². The number of carbonyl (C=O) groups is 1. The molecular formula is C20H31B9ClF2N3O. The highest BCUT2D eigenvalue weighted by Crippen LogP contribution is 2.48. The van der Waals surface area contributed by atoms with Crippen molar-refractivity contribution in [1.29, 1.82) is 0 Å². The molecule has 1 aliphatic heterocycles. The Morgan fingerprint density at radius 2 is 1.72 bits per heavy atom. The van der Waals surface area contributed by atoms with Gasteiger partial charge in [-0.1, -0.05) is 22.8 Å². The Morgan fingerprint density at radius 3 is 2.22 bits per heavy atom. The minimum Gasteiger partial charge on any atom is -0.339 e. The number of nitrogens with zero attached hydrogens (tertiary/aromatic N) is 2. The summed E-state index contributed by atoms with van der Waals surface area (Å²) in [5, 5.41) is 1.08. The molecule has 1 aromatic carbocycles. The Balaban J connectivity index is 1.81. The van der Waals surface area contributed by atoms with Gasteiger partial charge in [0.25, 0.3) is 5.91 Å². The molecular weight excluding hydrogens is 469 g/mol. The van der Waals surface area contributed by atoms with Crippen molar-refractivity contribution in [3.63, 3.8) is 0 Å². The van der Waals surface area contributed by atoms with Gasteiger partial charge in [-0.15, -0.1) is 0 Å². The maximum atomic E-state index is 17.1. The van der Waals surface area contributed by atoms with Gasteiger partial charge in [-0.05, 0) is 52.1 Å². The lowest BCUT2D eigenvalue weighted by molar-refractivity contribution is 0.0168. The van der Waals surface area contributed by atoms with Crippen molar-refractivity contribution in [1.82, 2.24) is 15.2 Å². The Morgan fingerprint density at radius 1 is 1.08 bits per heavy atom. The molecule has 1 saturated heterocycles. The van der Waals surface area contributed by atoms with E-state index >= 15 is 4.39 Å². The van der Waals surface area contributed by atoms with E-state index in [0.29, 0.717) is 5.56 Å². The first-order valence-electron chi connectivity index (χ1n) is 12.5. The fourth-order valence-electron chi connectivity index (χ4n) is 5.60. The molecule has 3 rings (SSSR count). The Labute approximate surface area is 226 Å². The molecule has 2 aromatic rings. The highest BCUT2D eigenvalue weighted by molar-refractivity contribution is 6.58. The van der Waals surface area contributed by atoms with Crippen LogP contribution in [0.4, 0.5) is 8.78 Å². The fourth-order valence-corrected chi connectivity index (χ4v) is 5.78. The van der Waals surface area contributed by atoms with Gasteiger partial charge in [0.1, 0.15) is 58.6 Å². The Hall–Kier alpha value is -1.47. The summed E-state index contributed by atoms with van der Waals surface area (Å²) in [6.07, 6.45) is 2.06. The summed E-state index contributed by atoms with van der Waals surface area (Å²) in [4.78, 5) is 19.5. The van der Waals surface area contributed by atoms with E-state index < -0.39 is 27.4 Å². The van der Waals surface area contributed by atoms with Crippen molar-refractivity contribution in [3.8, 4) is 0 Å². The van der Waals surface area contributed by atoms with E-state index in [1.165, 1.54) is 18.2 Å². The summed E-state index contributed by atoms with van der Waals surface area (Å²) in [5.41, 5.74) is 0.654. The molecule has 0 aliphatic carbocycles. The fraction of sp³-hybridized carbons (Fsp3) is 0.400. The first kappa shape index (κ1) is 29.1. The summed E-state index contributed by atoms with van der Waals surface area (Å²) < 4.78 is 30.6. The van der Waals surface area contributed by atoms with Gasteiger partial charge in [0.15, 0.2) is 0 Å². The smallest absolute Gasteiger partial charge is 0.253 e. The second-order valence-corrected chi connectivity index (χ2v) is 13.3. The maximum Gasteiger partial charge on any atom is 0.253 e. The molecule has 0 radical (unpaired) electrons. The molecule has 1 N–H and O–H groups in total. The lowest BCUT2D eigenvalue weighted by Crippen LogP contribution is -2.74. The molecule has 2 heterocycles. The zero-order valence-electron chi connectivity index (χ0n) is 23.0. The molecule has 1 atom stereocenters. The van der Waals surface area contributed by atoms with Crippen LogP contribution >= 0.6 is 11.6 Å². The third-order valence-corrected chi connectivity index (χ3v) is 8.01. The minimum absolute atomic E-state index is 0.0000446. The van der Waals surface area contributed by atoms with Crippen molar-refractivity contribution in [2.24, 2.45) is 0 Å². The standard InChI is InChI=1S/C20H31B9ClF2N3O/c21-17(22)9-35(15(36)10-1-3-13(31)12(30)7-10)6-5-16(17,32)20(28,29)34-19(26,27)14-4-2-11(8-33-14)18(23,24)25/h1-4,7-8,34H,5-6,9,21-29H2. The van der Waals surface area contributed by atoms with Crippen LogP contribution in [0, 0.1) is 5.82 Å². The third kappa shape index (κ3) is 5.52. The number of benzene rings is 1. The molecule has 0 bridgehead atoms. The predicted molar refractivity (Wildman–Crippen MR) is 169 cm³/mol. The predicted octanol–water partition coefficient (Wildman–Crippen LogP) is -5.59. The number of alkyl halides is 1. The van der Waals surface area contributed by atoms with Crippen LogP contribution in [0.1, 0.15) is 28.0 Å². The average molecular weight is 500 g/mol. The molecule has 180 valence electrons. The lowest BCUT2D eigenvalue weighted by atomic mass is 9.34. The van der Waals surface area contributed by atoms with E-state index in [0.717, 1.165) is 11.3 Å². The monoisotopic (exact) mass is 501 g/mol. The quantitative estimate of drug-likeness (QED) is 0.403. The normalized spacial score (nSPS) is 20.7. The van der Waals surface area contributed by atoms with Crippen molar-refractivity contribution >= 4 is 88.1 Å². The molecule has 1 unspecified atom stereocenters. The van der Waals surface area contributed by atoms with Gasteiger partial charge in [0.2, 0.25) is 0 Å². The molecule has 1 aliphatic rings. The van der Waals surface area contributed by atoms with Gasteiger partial charge in [-0.2, -0.15) is 0 Å². The molecule has 0 spiro atoms. The summed E-state index contributed by atoms with van der Waals surface area (Å²) in [7, 11) is 18.0. The van der Waals surface area contributed by atoms with Crippen LogP contribution in [-0.2, 0) is 10.5 Å². The largest absolute Gasteiger partial charge is 0.339 e. The number of pyridine rings is 1. The molecule has 36 heavy (non-hydrogen) atoms. The lowest BCUT2D eigenvalue weighted by Gasteiger charge is -2.58. The highest BCUT2D eigenvalue weighted by atomic mass is 35.5. The van der Waals surface area contributed by atoms with Gasteiger partial charge in [-0.3, -0.25) is 9.78 Å². The Bertz CT molecular complexity index is 1150. The SMILES string of the molecule is BC(B)(B)c1ccc(C(B)(B)NC(B)(B)C2(F)CCN(C(=O)c3ccc(F)c(Cl)c3)CC2(B)B)nc1. The molecule has 0 saturated carbocycles. The molecule has 16 heteroatoms. The molecule has 4 nitrogen and oxygen atoms in total.